The minimum Gasteiger partial charge on any atom is -0.315 e. The van der Waals surface area contributed by atoms with Crippen molar-refractivity contribution in [2.75, 3.05) is 4.90 Å². The lowest BCUT2D eigenvalue weighted by molar-refractivity contribution is 1.02. The van der Waals surface area contributed by atoms with Gasteiger partial charge >= 0.3 is 0 Å². The predicted octanol–water partition coefficient (Wildman–Crippen LogP) is 11.9. The van der Waals surface area contributed by atoms with Gasteiger partial charge in [-0.1, -0.05) is 129 Å². The second-order valence-corrected chi connectivity index (χ2v) is 11.0. The van der Waals surface area contributed by atoms with Crippen molar-refractivity contribution >= 4 is 43.7 Å². The number of nitrogens with zero attached hydrogens (tertiary/aromatic N) is 1. The van der Waals surface area contributed by atoms with Crippen LogP contribution in [0.1, 0.15) is 18.9 Å². The highest BCUT2D eigenvalue weighted by molar-refractivity contribution is 6.21. The van der Waals surface area contributed by atoms with Crippen molar-refractivity contribution in [1.82, 2.24) is 0 Å². The number of hydrogen-bond donors (Lipinski definition) is 0. The molecule has 0 radical (unpaired) electrons. The van der Waals surface area contributed by atoms with Crippen LogP contribution >= 0.6 is 0 Å². The molecule has 1 heteroatoms. The Morgan fingerprint density at radius 2 is 1.05 bits per heavy atom. The Labute approximate surface area is 248 Å². The largest absolute Gasteiger partial charge is 0.315 e. The summed E-state index contributed by atoms with van der Waals surface area (Å²) in [5.41, 5.74) is 9.63. The number of fused-ring (bicyclic) bond motifs is 3. The van der Waals surface area contributed by atoms with Crippen molar-refractivity contribution in [2.45, 2.75) is 20.3 Å². The SMILES string of the molecule is C=C(CC)N(c1ccc(-c2c3ccccc3c(-c3ccc4ccccc4c3)c3ccccc23)cc1)c1ccccc1C. The third-order valence-corrected chi connectivity index (χ3v) is 8.46. The standard InChI is InChI=1S/C41H33N/c1-4-29(3)42(39-20-12-5-13-28(39)2)34-25-23-31(24-26-34)40-35-16-8-10-18-37(35)41(38-19-11-9-17-36(38)40)33-22-21-30-14-6-7-15-32(30)27-33/h5-27H,3-4H2,1-2H3. The molecule has 0 N–H and O–H groups in total. The zero-order chi connectivity index (χ0) is 28.6. The molecule has 0 saturated heterocycles. The zero-order valence-electron chi connectivity index (χ0n) is 24.1. The Balaban J connectivity index is 1.43. The number of rotatable bonds is 6. The van der Waals surface area contributed by atoms with Gasteiger partial charge in [0.2, 0.25) is 0 Å². The highest BCUT2D eigenvalue weighted by Gasteiger charge is 2.18. The first-order chi connectivity index (χ1) is 20.6. The fourth-order valence-electron chi connectivity index (χ4n) is 6.34. The molecule has 0 aliphatic rings. The average Bonchev–Trinajstić information content (AvgIpc) is 3.04. The predicted molar refractivity (Wildman–Crippen MR) is 183 cm³/mol. The molecule has 0 spiro atoms. The van der Waals surface area contributed by atoms with Crippen molar-refractivity contribution in [2.24, 2.45) is 0 Å². The van der Waals surface area contributed by atoms with Crippen molar-refractivity contribution in [3.8, 4) is 22.3 Å². The van der Waals surface area contributed by atoms with Gasteiger partial charge < -0.3 is 4.90 Å². The minimum absolute atomic E-state index is 0.877. The number of hydrogen-bond acceptors (Lipinski definition) is 1. The summed E-state index contributed by atoms with van der Waals surface area (Å²) in [5.74, 6) is 0. The molecule has 7 rings (SSSR count). The van der Waals surface area contributed by atoms with Gasteiger partial charge in [0.15, 0.2) is 0 Å². The fourth-order valence-corrected chi connectivity index (χ4v) is 6.34. The molecule has 202 valence electrons. The number of aryl methyl sites for hydroxylation is 1. The van der Waals surface area contributed by atoms with Gasteiger partial charge in [-0.25, -0.2) is 0 Å². The lowest BCUT2D eigenvalue weighted by atomic mass is 9.85. The van der Waals surface area contributed by atoms with Crippen molar-refractivity contribution < 1.29 is 0 Å². The normalized spacial score (nSPS) is 11.3. The lowest BCUT2D eigenvalue weighted by Gasteiger charge is -2.28. The van der Waals surface area contributed by atoms with Crippen molar-refractivity contribution in [3.63, 3.8) is 0 Å². The molecule has 0 amide bonds. The van der Waals surface area contributed by atoms with Gasteiger partial charge in [-0.05, 0) is 97.7 Å². The first-order valence-electron chi connectivity index (χ1n) is 14.7. The Bertz CT molecular complexity index is 2040. The Morgan fingerprint density at radius 1 is 0.548 bits per heavy atom. The second kappa shape index (κ2) is 10.7. The summed E-state index contributed by atoms with van der Waals surface area (Å²) in [5, 5.41) is 7.59. The minimum atomic E-state index is 0.877. The van der Waals surface area contributed by atoms with E-state index in [4.69, 9.17) is 0 Å². The van der Waals surface area contributed by atoms with Gasteiger partial charge in [-0.15, -0.1) is 0 Å². The molecule has 0 aliphatic heterocycles. The molecule has 1 nitrogen and oxygen atoms in total. The van der Waals surface area contributed by atoms with Crippen LogP contribution in [0.25, 0.3) is 54.6 Å². The second-order valence-electron chi connectivity index (χ2n) is 11.0. The monoisotopic (exact) mass is 539 g/mol. The molecule has 0 aliphatic carbocycles. The lowest BCUT2D eigenvalue weighted by Crippen LogP contribution is -2.16. The molecule has 0 aromatic heterocycles. The van der Waals surface area contributed by atoms with E-state index in [0.29, 0.717) is 0 Å². The third-order valence-electron chi connectivity index (χ3n) is 8.46. The number of anilines is 2. The van der Waals surface area contributed by atoms with Crippen molar-refractivity contribution in [1.29, 1.82) is 0 Å². The third kappa shape index (κ3) is 4.35. The number of benzene rings is 7. The van der Waals surface area contributed by atoms with E-state index in [1.807, 2.05) is 0 Å². The highest BCUT2D eigenvalue weighted by atomic mass is 15.1. The molecule has 0 fully saturated rings. The number of para-hydroxylation sites is 1. The Hall–Kier alpha value is -5.14. The summed E-state index contributed by atoms with van der Waals surface area (Å²) in [4.78, 5) is 2.29. The first-order valence-corrected chi connectivity index (χ1v) is 14.7. The van der Waals surface area contributed by atoms with Gasteiger partial charge in [0.25, 0.3) is 0 Å². The smallest absolute Gasteiger partial charge is 0.0487 e. The van der Waals surface area contributed by atoms with E-state index in [2.05, 4.69) is 165 Å². The van der Waals surface area contributed by atoms with E-state index < -0.39 is 0 Å². The average molecular weight is 540 g/mol. The van der Waals surface area contributed by atoms with E-state index in [9.17, 15) is 0 Å². The topological polar surface area (TPSA) is 3.24 Å². The van der Waals surface area contributed by atoms with Gasteiger partial charge in [0.1, 0.15) is 0 Å². The molecule has 7 aromatic rings. The van der Waals surface area contributed by atoms with Gasteiger partial charge in [0.05, 0.1) is 0 Å². The molecule has 7 aromatic carbocycles. The summed E-state index contributed by atoms with van der Waals surface area (Å²) in [6.07, 6.45) is 0.877. The van der Waals surface area contributed by atoms with Crippen LogP contribution in [0.15, 0.2) is 152 Å². The van der Waals surface area contributed by atoms with Crippen LogP contribution in [0, 0.1) is 6.92 Å². The van der Waals surface area contributed by atoms with Crippen molar-refractivity contribution in [3.05, 3.63) is 157 Å². The van der Waals surface area contributed by atoms with E-state index in [-0.39, 0.29) is 0 Å². The quantitative estimate of drug-likeness (QED) is 0.190. The zero-order valence-corrected chi connectivity index (χ0v) is 24.1. The van der Waals surface area contributed by atoms with Crippen LogP contribution in [0.4, 0.5) is 11.4 Å². The summed E-state index contributed by atoms with van der Waals surface area (Å²) < 4.78 is 0. The van der Waals surface area contributed by atoms with Crippen LogP contribution in [0.5, 0.6) is 0 Å². The van der Waals surface area contributed by atoms with E-state index in [1.54, 1.807) is 0 Å². The summed E-state index contributed by atoms with van der Waals surface area (Å²) in [7, 11) is 0. The summed E-state index contributed by atoms with van der Waals surface area (Å²) in [6, 6.07) is 50.7. The number of allylic oxidation sites excluding steroid dienone is 1. The molecule has 0 saturated carbocycles. The highest BCUT2D eigenvalue weighted by Crippen LogP contribution is 2.44. The maximum Gasteiger partial charge on any atom is 0.0487 e. The summed E-state index contributed by atoms with van der Waals surface area (Å²) >= 11 is 0. The molecule has 0 bridgehead atoms. The molecule has 42 heavy (non-hydrogen) atoms. The van der Waals surface area contributed by atoms with E-state index >= 15 is 0 Å². The van der Waals surface area contributed by atoms with Crippen LogP contribution in [0.2, 0.25) is 0 Å². The van der Waals surface area contributed by atoms with E-state index in [1.165, 1.54) is 65.8 Å². The molecular formula is C41H33N. The molecular weight excluding hydrogens is 506 g/mol. The summed E-state index contributed by atoms with van der Waals surface area (Å²) in [6.45, 7) is 8.74. The molecule has 0 atom stereocenters. The molecule has 0 unspecified atom stereocenters. The Kier molecular flexibility index (Phi) is 6.56. The first kappa shape index (κ1) is 25.8. The van der Waals surface area contributed by atoms with Crippen LogP contribution in [-0.4, -0.2) is 0 Å². The van der Waals surface area contributed by atoms with Crippen LogP contribution < -0.4 is 4.90 Å². The van der Waals surface area contributed by atoms with E-state index in [0.717, 1.165) is 17.8 Å². The van der Waals surface area contributed by atoms with Gasteiger partial charge in [0, 0.05) is 17.1 Å². The fraction of sp³-hybridized carbons (Fsp3) is 0.0732. The molecule has 0 heterocycles. The maximum absolute atomic E-state index is 4.41. The van der Waals surface area contributed by atoms with Crippen LogP contribution in [-0.2, 0) is 0 Å². The van der Waals surface area contributed by atoms with Gasteiger partial charge in [-0.3, -0.25) is 0 Å². The Morgan fingerprint density at radius 3 is 1.64 bits per heavy atom. The van der Waals surface area contributed by atoms with Crippen LogP contribution in [0.3, 0.4) is 0 Å². The maximum atomic E-state index is 4.41. The van der Waals surface area contributed by atoms with Gasteiger partial charge in [-0.2, -0.15) is 0 Å².